The number of guanidine groups is 1. The Morgan fingerprint density at radius 3 is 2.26 bits per heavy atom. The molecular formula is C47H65N11O7. The summed E-state index contributed by atoms with van der Waals surface area (Å²) in [7, 11) is 0. The molecule has 6 rings (SSSR count). The minimum absolute atomic E-state index is 0.0696. The number of nitrogens with zero attached hydrogens (tertiary/aromatic N) is 2. The van der Waals surface area contributed by atoms with Crippen LogP contribution in [0.2, 0.25) is 0 Å². The van der Waals surface area contributed by atoms with Crippen molar-refractivity contribution in [2.24, 2.45) is 22.4 Å². The highest BCUT2D eigenvalue weighted by Gasteiger charge is 2.40. The predicted molar refractivity (Wildman–Crippen MR) is 246 cm³/mol. The third kappa shape index (κ3) is 13.8. The minimum Gasteiger partial charge on any atom is -0.370 e. The van der Waals surface area contributed by atoms with Crippen molar-refractivity contribution in [2.75, 3.05) is 19.6 Å². The Kier molecular flexibility index (Phi) is 17.3. The second-order valence-corrected chi connectivity index (χ2v) is 17.6. The van der Waals surface area contributed by atoms with Crippen molar-refractivity contribution in [1.82, 2.24) is 41.8 Å². The molecule has 1 aliphatic carbocycles. The van der Waals surface area contributed by atoms with Gasteiger partial charge in [-0.05, 0) is 68.1 Å². The summed E-state index contributed by atoms with van der Waals surface area (Å²) in [6.45, 7) is 1.82. The van der Waals surface area contributed by atoms with E-state index < -0.39 is 77.6 Å². The molecule has 3 fully saturated rings. The van der Waals surface area contributed by atoms with Gasteiger partial charge in [-0.1, -0.05) is 80.6 Å². The lowest BCUT2D eigenvalue weighted by molar-refractivity contribution is -0.142. The number of fused-ring (bicyclic) bond motifs is 2. The van der Waals surface area contributed by atoms with Crippen molar-refractivity contribution in [3.63, 3.8) is 0 Å². The van der Waals surface area contributed by atoms with Crippen LogP contribution >= 0.6 is 0 Å². The number of hydrogen-bond acceptors (Lipinski definition) is 8. The van der Waals surface area contributed by atoms with Gasteiger partial charge in [0.2, 0.25) is 41.4 Å². The molecule has 18 heteroatoms. The first-order chi connectivity index (χ1) is 31.4. The van der Waals surface area contributed by atoms with Gasteiger partial charge in [0.1, 0.15) is 36.3 Å². The maximum absolute atomic E-state index is 14.6. The highest BCUT2D eigenvalue weighted by molar-refractivity contribution is 5.98. The molecule has 3 aromatic rings. The van der Waals surface area contributed by atoms with E-state index >= 15 is 0 Å². The molecule has 3 unspecified atom stereocenters. The number of aromatic nitrogens is 1. The van der Waals surface area contributed by atoms with E-state index in [0.29, 0.717) is 25.7 Å². The van der Waals surface area contributed by atoms with E-state index in [4.69, 9.17) is 11.5 Å². The van der Waals surface area contributed by atoms with Crippen molar-refractivity contribution >= 4 is 58.2 Å². The summed E-state index contributed by atoms with van der Waals surface area (Å²) >= 11 is 0. The highest BCUT2D eigenvalue weighted by Crippen LogP contribution is 2.28. The van der Waals surface area contributed by atoms with Crippen molar-refractivity contribution in [3.8, 4) is 0 Å². The van der Waals surface area contributed by atoms with E-state index in [0.717, 1.165) is 54.1 Å². The third-order valence-electron chi connectivity index (χ3n) is 12.6. The monoisotopic (exact) mass is 896 g/mol. The van der Waals surface area contributed by atoms with Crippen molar-refractivity contribution < 1.29 is 33.6 Å². The molecule has 3 aliphatic rings. The highest BCUT2D eigenvalue weighted by atomic mass is 16.2. The van der Waals surface area contributed by atoms with Crippen LogP contribution in [0.3, 0.4) is 0 Å². The van der Waals surface area contributed by atoms with Crippen LogP contribution in [0.5, 0.6) is 0 Å². The summed E-state index contributed by atoms with van der Waals surface area (Å²) in [6.07, 6.45) is 8.88. The third-order valence-corrected chi connectivity index (χ3v) is 12.6. The Morgan fingerprint density at radius 2 is 1.51 bits per heavy atom. The van der Waals surface area contributed by atoms with E-state index in [-0.39, 0.29) is 63.6 Å². The molecule has 11 N–H and O–H groups in total. The molecule has 65 heavy (non-hydrogen) atoms. The van der Waals surface area contributed by atoms with Gasteiger partial charge in [0, 0.05) is 56.5 Å². The maximum Gasteiger partial charge on any atom is 0.245 e. The fourth-order valence-electron chi connectivity index (χ4n) is 9.28. The van der Waals surface area contributed by atoms with Crippen LogP contribution in [0.15, 0.2) is 65.8 Å². The van der Waals surface area contributed by atoms with E-state index in [1.807, 2.05) is 54.6 Å². The van der Waals surface area contributed by atoms with Crippen molar-refractivity contribution in [2.45, 2.75) is 133 Å². The quantitative estimate of drug-likeness (QED) is 0.0679. The summed E-state index contributed by atoms with van der Waals surface area (Å²) in [5.74, 6) is -3.59. The van der Waals surface area contributed by atoms with Gasteiger partial charge in [-0.2, -0.15) is 0 Å². The van der Waals surface area contributed by atoms with Crippen molar-refractivity contribution in [1.29, 1.82) is 0 Å². The first kappa shape index (κ1) is 48.0. The average molecular weight is 896 g/mol. The van der Waals surface area contributed by atoms with Gasteiger partial charge in [-0.15, -0.1) is 0 Å². The largest absolute Gasteiger partial charge is 0.370 e. The van der Waals surface area contributed by atoms with Gasteiger partial charge >= 0.3 is 0 Å². The standard InChI is InChI=1S/C47H65N11O7/c1-29(59)53-37(25-30-13-4-2-5-14-30)42(61)55-36-20-11-22-50-41(60)35(19-10-23-51-47(48)49)54-44(63)39(27-32-28-52-34-18-9-8-17-33(32)34)56-43(62)38(26-31-15-6-3-7-16-31)57-45(64)40-21-12-24-58(40)46(36)65/h2,4-5,8-9,13-14,17-18,28,31,35-40,52H,3,6-7,10-12,15-16,19-27H2,1H3,(H,50,60)(H,53,59)(H,54,63)(H,55,61)(H,56,62)(H,57,64)(H4,48,49,51)/t35?,36-,37-,38+,39?,40?/m0/s1. The summed E-state index contributed by atoms with van der Waals surface area (Å²) in [5.41, 5.74) is 13.5. The molecule has 0 radical (unpaired) electrons. The van der Waals surface area contributed by atoms with Gasteiger partial charge in [-0.25, -0.2) is 0 Å². The molecule has 1 saturated carbocycles. The van der Waals surface area contributed by atoms with Crippen LogP contribution in [-0.4, -0.2) is 113 Å². The number of aliphatic imine (C=N–C) groups is 1. The fourth-order valence-corrected chi connectivity index (χ4v) is 9.28. The smallest absolute Gasteiger partial charge is 0.245 e. The van der Waals surface area contributed by atoms with Gasteiger partial charge < -0.3 is 53.3 Å². The average Bonchev–Trinajstić information content (AvgIpc) is 3.95. The maximum atomic E-state index is 14.6. The number of carbonyl (C=O) groups excluding carboxylic acids is 7. The van der Waals surface area contributed by atoms with Gasteiger partial charge in [0.25, 0.3) is 0 Å². The molecule has 18 nitrogen and oxygen atoms in total. The lowest BCUT2D eigenvalue weighted by Gasteiger charge is -2.32. The summed E-state index contributed by atoms with van der Waals surface area (Å²) < 4.78 is 0. The van der Waals surface area contributed by atoms with Gasteiger partial charge in [-0.3, -0.25) is 38.6 Å². The number of H-pyrrole nitrogens is 1. The Hall–Kier alpha value is -6.46. The molecule has 350 valence electrons. The molecule has 0 spiro atoms. The van der Waals surface area contributed by atoms with E-state index in [1.54, 1.807) is 6.20 Å². The summed E-state index contributed by atoms with van der Waals surface area (Å²) in [6, 6.07) is 10.5. The first-order valence-corrected chi connectivity index (χ1v) is 23.1. The molecule has 3 heterocycles. The number of rotatable bonds is 13. The van der Waals surface area contributed by atoms with Gasteiger partial charge in [0.05, 0.1) is 0 Å². The Morgan fingerprint density at radius 1 is 0.800 bits per heavy atom. The molecule has 2 aromatic carbocycles. The van der Waals surface area contributed by atoms with E-state index in [9.17, 15) is 33.6 Å². The van der Waals surface area contributed by atoms with Crippen molar-refractivity contribution in [3.05, 3.63) is 71.9 Å². The Bertz CT molecular complexity index is 2170. The van der Waals surface area contributed by atoms with E-state index in [2.05, 4.69) is 41.9 Å². The second kappa shape index (κ2) is 23.5. The lowest BCUT2D eigenvalue weighted by Crippen LogP contribution is -2.60. The number of amides is 7. The van der Waals surface area contributed by atoms with Crippen LogP contribution in [0.1, 0.15) is 95.1 Å². The normalized spacial score (nSPS) is 23.4. The number of nitrogens with one attached hydrogen (secondary N) is 7. The number of para-hydroxylation sites is 1. The molecule has 2 aliphatic heterocycles. The zero-order valence-corrected chi connectivity index (χ0v) is 37.2. The summed E-state index contributed by atoms with van der Waals surface area (Å²) in [5, 5.41) is 18.2. The first-order valence-electron chi connectivity index (χ1n) is 23.1. The van der Waals surface area contributed by atoms with E-state index in [1.165, 1.54) is 11.8 Å². The molecule has 2 saturated heterocycles. The number of nitrogens with two attached hydrogens (primary N) is 2. The SMILES string of the molecule is CC(=O)N[C@@H](Cc1ccccc1)C(=O)N[C@H]1CCCNC(=O)C(CCCN=C(N)N)NC(=O)C(Cc2c[nH]c3ccccc23)NC(=O)[C@@H](CC2CCCCC2)NC(=O)C2CCCN2C1=O. The number of benzene rings is 2. The second-order valence-electron chi connectivity index (χ2n) is 17.6. The lowest BCUT2D eigenvalue weighted by atomic mass is 9.84. The van der Waals surface area contributed by atoms with Crippen LogP contribution in [0.4, 0.5) is 0 Å². The predicted octanol–water partition coefficient (Wildman–Crippen LogP) is 1.32. The molecule has 6 atom stereocenters. The molecule has 0 bridgehead atoms. The topological polar surface area (TPSA) is 275 Å². The fraction of sp³-hybridized carbons (Fsp3) is 0.532. The molecule has 1 aromatic heterocycles. The van der Waals surface area contributed by atoms with Crippen LogP contribution in [0, 0.1) is 5.92 Å². The Balaban J connectivity index is 1.31. The zero-order valence-electron chi connectivity index (χ0n) is 37.2. The minimum atomic E-state index is -1.14. The Labute approximate surface area is 379 Å². The van der Waals surface area contributed by atoms with Crippen LogP contribution in [0.25, 0.3) is 10.9 Å². The summed E-state index contributed by atoms with van der Waals surface area (Å²) in [4.78, 5) is 107. The van der Waals surface area contributed by atoms with Crippen LogP contribution < -0.4 is 43.4 Å². The van der Waals surface area contributed by atoms with Crippen LogP contribution in [-0.2, 0) is 46.4 Å². The zero-order chi connectivity index (χ0) is 46.3. The number of carbonyl (C=O) groups is 7. The number of aromatic amines is 1. The molecular weight excluding hydrogens is 831 g/mol. The van der Waals surface area contributed by atoms with Gasteiger partial charge in [0.15, 0.2) is 5.96 Å². The molecule has 7 amide bonds. The number of hydrogen-bond donors (Lipinski definition) is 9.